The second-order valence-corrected chi connectivity index (χ2v) is 5.59. The molecule has 5 nitrogen and oxygen atoms in total. The summed E-state index contributed by atoms with van der Waals surface area (Å²) in [6, 6.07) is 0. The number of rotatable bonds is 9. The Labute approximate surface area is 137 Å². The van der Waals surface area contributed by atoms with Crippen LogP contribution in [0, 0.1) is 5.92 Å². The third kappa shape index (κ3) is 5.34. The van der Waals surface area contributed by atoms with Crippen molar-refractivity contribution in [1.29, 1.82) is 0 Å². The molecule has 0 bridgehead atoms. The summed E-state index contributed by atoms with van der Waals surface area (Å²) in [6.45, 7) is 5.74. The second-order valence-electron chi connectivity index (χ2n) is 5.59. The largest absolute Gasteiger partial charge is 0.466 e. The van der Waals surface area contributed by atoms with Gasteiger partial charge in [-0.05, 0) is 27.2 Å². The van der Waals surface area contributed by atoms with Crippen LogP contribution in [0.25, 0.3) is 0 Å². The van der Waals surface area contributed by atoms with Gasteiger partial charge in [0.05, 0.1) is 18.9 Å². The zero-order valence-electron chi connectivity index (χ0n) is 14.2. The molecular formula is C18H26O5. The van der Waals surface area contributed by atoms with E-state index < -0.39 is 11.5 Å². The number of carbonyl (C=O) groups is 3. The van der Waals surface area contributed by atoms with Crippen molar-refractivity contribution < 1.29 is 23.9 Å². The molecule has 0 radical (unpaired) electrons. The summed E-state index contributed by atoms with van der Waals surface area (Å²) in [5, 5.41) is 0. The Bertz CT molecular complexity index is 492. The van der Waals surface area contributed by atoms with Crippen LogP contribution in [0.4, 0.5) is 0 Å². The number of hydrogen-bond acceptors (Lipinski definition) is 5. The summed E-state index contributed by atoms with van der Waals surface area (Å²) >= 11 is 0. The normalized spacial score (nSPS) is 22.5. The van der Waals surface area contributed by atoms with Crippen molar-refractivity contribution in [1.82, 2.24) is 0 Å². The third-order valence-corrected chi connectivity index (χ3v) is 3.95. The van der Waals surface area contributed by atoms with Crippen molar-refractivity contribution in [2.45, 2.75) is 58.5 Å². The molecule has 0 aromatic rings. The molecule has 0 aromatic heterocycles. The predicted octanol–water partition coefficient (Wildman–Crippen LogP) is 3.13. The molecule has 0 N–H and O–H groups in total. The van der Waals surface area contributed by atoms with E-state index in [-0.39, 0.29) is 30.6 Å². The third-order valence-electron chi connectivity index (χ3n) is 3.95. The fourth-order valence-electron chi connectivity index (χ4n) is 2.83. The summed E-state index contributed by atoms with van der Waals surface area (Å²) in [6.07, 6.45) is 8.81. The molecule has 0 aliphatic carbocycles. The molecule has 0 spiro atoms. The van der Waals surface area contributed by atoms with Crippen LogP contribution in [0.1, 0.15) is 52.9 Å². The van der Waals surface area contributed by atoms with Crippen molar-refractivity contribution >= 4 is 17.7 Å². The lowest BCUT2D eigenvalue weighted by Gasteiger charge is -2.32. The first-order chi connectivity index (χ1) is 11.0. The van der Waals surface area contributed by atoms with E-state index >= 15 is 0 Å². The topological polar surface area (TPSA) is 69.7 Å². The van der Waals surface area contributed by atoms with Gasteiger partial charge in [0.2, 0.25) is 0 Å². The van der Waals surface area contributed by atoms with E-state index in [9.17, 15) is 14.4 Å². The average Bonchev–Trinajstić information content (AvgIpc) is 2.90. The zero-order chi connectivity index (χ0) is 17.3. The molecule has 1 fully saturated rings. The lowest BCUT2D eigenvalue weighted by Crippen LogP contribution is -2.41. The Morgan fingerprint density at radius 3 is 2.57 bits per heavy atom. The second kappa shape index (κ2) is 9.28. The van der Waals surface area contributed by atoms with E-state index in [2.05, 4.69) is 0 Å². The molecule has 0 amide bonds. The van der Waals surface area contributed by atoms with E-state index in [1.165, 1.54) is 0 Å². The van der Waals surface area contributed by atoms with Crippen LogP contribution in [0.5, 0.6) is 0 Å². The number of Topliss-reactive ketones (excluding diaryl/α,β-unsaturated/α-hetero) is 1. The van der Waals surface area contributed by atoms with Gasteiger partial charge in [0.1, 0.15) is 11.4 Å². The molecule has 1 aliphatic heterocycles. The average molecular weight is 322 g/mol. The van der Waals surface area contributed by atoms with Crippen molar-refractivity contribution in [3.8, 4) is 0 Å². The summed E-state index contributed by atoms with van der Waals surface area (Å²) < 4.78 is 10.4. The van der Waals surface area contributed by atoms with Gasteiger partial charge in [0.25, 0.3) is 0 Å². The molecule has 0 aromatic carbocycles. The van der Waals surface area contributed by atoms with Gasteiger partial charge in [-0.3, -0.25) is 14.4 Å². The lowest BCUT2D eigenvalue weighted by molar-refractivity contribution is -0.154. The van der Waals surface area contributed by atoms with Gasteiger partial charge in [0, 0.05) is 19.3 Å². The zero-order valence-corrected chi connectivity index (χ0v) is 14.2. The van der Waals surface area contributed by atoms with Crippen LogP contribution >= 0.6 is 0 Å². The van der Waals surface area contributed by atoms with E-state index in [0.29, 0.717) is 25.9 Å². The van der Waals surface area contributed by atoms with Crippen molar-refractivity contribution in [3.05, 3.63) is 24.3 Å². The van der Waals surface area contributed by atoms with Crippen molar-refractivity contribution in [3.63, 3.8) is 0 Å². The number of hydrogen-bond donors (Lipinski definition) is 0. The Balaban J connectivity index is 2.90. The first-order valence-electron chi connectivity index (χ1n) is 8.13. The van der Waals surface area contributed by atoms with Gasteiger partial charge in [0.15, 0.2) is 0 Å². The van der Waals surface area contributed by atoms with Crippen LogP contribution in [-0.2, 0) is 23.9 Å². The van der Waals surface area contributed by atoms with Crippen LogP contribution in [-0.4, -0.2) is 29.9 Å². The number of ether oxygens (including phenoxy) is 2. The van der Waals surface area contributed by atoms with Gasteiger partial charge in [-0.25, -0.2) is 0 Å². The number of cyclic esters (lactones) is 1. The maximum absolute atomic E-state index is 12.6. The van der Waals surface area contributed by atoms with E-state index in [1.54, 1.807) is 19.1 Å². The van der Waals surface area contributed by atoms with Crippen LogP contribution in [0.2, 0.25) is 0 Å². The summed E-state index contributed by atoms with van der Waals surface area (Å²) in [4.78, 5) is 35.7. The van der Waals surface area contributed by atoms with Crippen molar-refractivity contribution in [2.75, 3.05) is 6.61 Å². The quantitative estimate of drug-likeness (QED) is 0.482. The number of ketones is 1. The van der Waals surface area contributed by atoms with E-state index in [4.69, 9.17) is 9.47 Å². The maximum atomic E-state index is 12.6. The van der Waals surface area contributed by atoms with Gasteiger partial charge in [-0.15, -0.1) is 0 Å². The van der Waals surface area contributed by atoms with Gasteiger partial charge >= 0.3 is 11.9 Å². The molecule has 0 saturated carbocycles. The molecule has 1 aliphatic rings. The molecule has 1 rings (SSSR count). The summed E-state index contributed by atoms with van der Waals surface area (Å²) in [7, 11) is 0. The molecule has 128 valence electrons. The van der Waals surface area contributed by atoms with E-state index in [0.717, 1.165) is 0 Å². The summed E-state index contributed by atoms with van der Waals surface area (Å²) in [5.74, 6) is -1.30. The Morgan fingerprint density at radius 2 is 2.04 bits per heavy atom. The lowest BCUT2D eigenvalue weighted by atomic mass is 9.78. The maximum Gasteiger partial charge on any atom is 0.306 e. The molecular weight excluding hydrogens is 296 g/mol. The monoisotopic (exact) mass is 322 g/mol. The number of carbonyl (C=O) groups excluding carboxylic acids is 3. The fraction of sp³-hybridized carbons (Fsp3) is 0.611. The van der Waals surface area contributed by atoms with Gasteiger partial charge in [-0.2, -0.15) is 0 Å². The molecule has 1 heterocycles. The minimum atomic E-state index is -0.832. The Hall–Kier alpha value is -1.91. The van der Waals surface area contributed by atoms with Crippen LogP contribution in [0.3, 0.4) is 0 Å². The molecule has 1 saturated heterocycles. The highest BCUT2D eigenvalue weighted by molar-refractivity contribution is 5.88. The minimum Gasteiger partial charge on any atom is -0.466 e. The van der Waals surface area contributed by atoms with E-state index in [1.807, 2.05) is 26.0 Å². The highest BCUT2D eigenvalue weighted by Crippen LogP contribution is 2.39. The Morgan fingerprint density at radius 1 is 1.30 bits per heavy atom. The highest BCUT2D eigenvalue weighted by Gasteiger charge is 2.47. The smallest absolute Gasteiger partial charge is 0.306 e. The predicted molar refractivity (Wildman–Crippen MR) is 86.7 cm³/mol. The molecule has 23 heavy (non-hydrogen) atoms. The molecule has 2 atom stereocenters. The first-order valence-corrected chi connectivity index (χ1v) is 8.13. The minimum absolute atomic E-state index is 0.0500. The highest BCUT2D eigenvalue weighted by atomic mass is 16.6. The van der Waals surface area contributed by atoms with Crippen LogP contribution < -0.4 is 0 Å². The fourth-order valence-corrected chi connectivity index (χ4v) is 2.83. The van der Waals surface area contributed by atoms with Gasteiger partial charge in [-0.1, -0.05) is 24.3 Å². The summed E-state index contributed by atoms with van der Waals surface area (Å²) in [5.41, 5.74) is -0.832. The van der Waals surface area contributed by atoms with Gasteiger partial charge < -0.3 is 9.47 Å². The van der Waals surface area contributed by atoms with Crippen molar-refractivity contribution in [2.24, 2.45) is 5.92 Å². The Kier molecular flexibility index (Phi) is 7.72. The number of allylic oxidation sites excluding steroid dienone is 2. The molecule has 2 unspecified atom stereocenters. The van der Waals surface area contributed by atoms with Crippen LogP contribution in [0.15, 0.2) is 24.3 Å². The molecule has 5 heteroatoms. The standard InChI is InChI=1S/C18H26O5/c1-4-7-12-18(13-11-17(21)23-18)14(8-5-2)15(19)9-10-16(20)22-6-3/h4-5,7-8,14H,6,9-13H2,1-3H3/b7-4+,8-5+. The SMILES string of the molecule is C/C=C/CC1(C(/C=C/C)C(=O)CCC(=O)OCC)CCC(=O)O1. The number of esters is 2. The first kappa shape index (κ1) is 19.1.